The lowest BCUT2D eigenvalue weighted by atomic mass is 10.2. The summed E-state index contributed by atoms with van der Waals surface area (Å²) in [5.41, 5.74) is 0.998. The molecule has 6 nitrogen and oxygen atoms in total. The Labute approximate surface area is 156 Å². The summed E-state index contributed by atoms with van der Waals surface area (Å²) in [7, 11) is -1.28. The number of ether oxygens (including phenoxy) is 1. The molecule has 0 heterocycles. The van der Waals surface area contributed by atoms with Gasteiger partial charge in [0.05, 0.1) is 19.4 Å². The first-order valence-corrected chi connectivity index (χ1v) is 9.34. The van der Waals surface area contributed by atoms with E-state index in [0.29, 0.717) is 25.5 Å². The summed E-state index contributed by atoms with van der Waals surface area (Å²) in [6.07, 6.45) is 1.80. The van der Waals surface area contributed by atoms with Crippen LogP contribution < -0.4 is 15.4 Å². The molecule has 0 aliphatic rings. The standard InChI is InChI=1S/C15H25N3O3S.HI/c1-4-16-15(17-10-7-11-22(3,19)20)18-12-13-8-5-6-9-14(13)21-2;/h5-6,8-9H,4,7,10-12H2,1-3H3,(H2,16,17,18);1H. The van der Waals surface area contributed by atoms with Crippen molar-refractivity contribution in [1.29, 1.82) is 0 Å². The second kappa shape index (κ2) is 11.5. The van der Waals surface area contributed by atoms with E-state index in [4.69, 9.17) is 4.74 Å². The Kier molecular flexibility index (Phi) is 11.0. The lowest BCUT2D eigenvalue weighted by Crippen LogP contribution is -2.38. The van der Waals surface area contributed by atoms with Gasteiger partial charge in [0.2, 0.25) is 0 Å². The molecule has 8 heteroatoms. The molecule has 0 aliphatic carbocycles. The molecule has 0 spiro atoms. The Morgan fingerprint density at radius 1 is 1.26 bits per heavy atom. The van der Waals surface area contributed by atoms with Gasteiger partial charge < -0.3 is 15.4 Å². The number of nitrogens with zero attached hydrogens (tertiary/aromatic N) is 1. The number of hydrogen-bond acceptors (Lipinski definition) is 4. The van der Waals surface area contributed by atoms with E-state index in [1.54, 1.807) is 7.11 Å². The van der Waals surface area contributed by atoms with E-state index in [0.717, 1.165) is 17.9 Å². The van der Waals surface area contributed by atoms with Crippen molar-refractivity contribution in [2.45, 2.75) is 19.9 Å². The van der Waals surface area contributed by atoms with Crippen LogP contribution in [-0.2, 0) is 16.4 Å². The van der Waals surface area contributed by atoms with Crippen molar-refractivity contribution >= 4 is 39.8 Å². The number of methoxy groups -OCH3 is 1. The molecule has 23 heavy (non-hydrogen) atoms. The minimum atomic E-state index is -2.92. The van der Waals surface area contributed by atoms with Gasteiger partial charge >= 0.3 is 0 Å². The first-order valence-electron chi connectivity index (χ1n) is 7.28. The second-order valence-electron chi connectivity index (χ2n) is 4.92. The van der Waals surface area contributed by atoms with Gasteiger partial charge in [0, 0.05) is 24.9 Å². The van der Waals surface area contributed by atoms with Crippen molar-refractivity contribution in [3.63, 3.8) is 0 Å². The SMILES string of the molecule is CCNC(=NCc1ccccc1OC)NCCCS(C)(=O)=O.I. The van der Waals surface area contributed by atoms with Gasteiger partial charge in [-0.05, 0) is 19.4 Å². The van der Waals surface area contributed by atoms with Gasteiger partial charge in [-0.3, -0.25) is 0 Å². The minimum Gasteiger partial charge on any atom is -0.496 e. The monoisotopic (exact) mass is 455 g/mol. The fourth-order valence-electron chi connectivity index (χ4n) is 1.88. The normalized spacial score (nSPS) is 11.5. The van der Waals surface area contributed by atoms with Crippen LogP contribution in [0.3, 0.4) is 0 Å². The lowest BCUT2D eigenvalue weighted by Gasteiger charge is -2.12. The van der Waals surface area contributed by atoms with Crippen LogP contribution in [-0.4, -0.2) is 46.6 Å². The largest absolute Gasteiger partial charge is 0.496 e. The van der Waals surface area contributed by atoms with Crippen LogP contribution in [0, 0.1) is 0 Å². The predicted molar refractivity (Wildman–Crippen MR) is 106 cm³/mol. The molecule has 0 fully saturated rings. The summed E-state index contributed by atoms with van der Waals surface area (Å²) in [5, 5.41) is 6.27. The molecule has 0 bridgehead atoms. The zero-order valence-electron chi connectivity index (χ0n) is 13.8. The molecule has 0 aliphatic heterocycles. The summed E-state index contributed by atoms with van der Waals surface area (Å²) < 4.78 is 27.5. The van der Waals surface area contributed by atoms with E-state index in [-0.39, 0.29) is 29.7 Å². The van der Waals surface area contributed by atoms with Crippen LogP contribution in [0.1, 0.15) is 18.9 Å². The topological polar surface area (TPSA) is 79.8 Å². The van der Waals surface area contributed by atoms with Gasteiger partial charge in [0.25, 0.3) is 0 Å². The molecule has 0 saturated heterocycles. The number of rotatable bonds is 8. The van der Waals surface area contributed by atoms with E-state index in [1.807, 2.05) is 31.2 Å². The number of nitrogens with one attached hydrogen (secondary N) is 2. The molecule has 0 saturated carbocycles. The number of aliphatic imine (C=N–C) groups is 1. The second-order valence-corrected chi connectivity index (χ2v) is 7.18. The highest BCUT2D eigenvalue weighted by Gasteiger charge is 2.04. The maximum atomic E-state index is 11.1. The molecule has 0 unspecified atom stereocenters. The first-order chi connectivity index (χ1) is 10.5. The maximum absolute atomic E-state index is 11.1. The summed E-state index contributed by atoms with van der Waals surface area (Å²) in [4.78, 5) is 4.49. The van der Waals surface area contributed by atoms with Crippen molar-refractivity contribution < 1.29 is 13.2 Å². The van der Waals surface area contributed by atoms with Crippen LogP contribution in [0.15, 0.2) is 29.3 Å². The molecule has 0 radical (unpaired) electrons. The van der Waals surface area contributed by atoms with Gasteiger partial charge in [-0.25, -0.2) is 13.4 Å². The van der Waals surface area contributed by atoms with Gasteiger partial charge in [-0.15, -0.1) is 24.0 Å². The molecular formula is C15H26IN3O3S. The van der Waals surface area contributed by atoms with Crippen LogP contribution in [0.25, 0.3) is 0 Å². The smallest absolute Gasteiger partial charge is 0.191 e. The average molecular weight is 455 g/mol. The summed E-state index contributed by atoms with van der Waals surface area (Å²) in [6.45, 7) is 3.77. The molecule has 2 N–H and O–H groups in total. The zero-order chi connectivity index (χ0) is 16.4. The minimum absolute atomic E-state index is 0. The van der Waals surface area contributed by atoms with Crippen molar-refractivity contribution in [2.24, 2.45) is 4.99 Å². The molecule has 1 aromatic carbocycles. The molecule has 0 aromatic heterocycles. The molecular weight excluding hydrogens is 429 g/mol. The van der Waals surface area contributed by atoms with Crippen molar-refractivity contribution in [3.8, 4) is 5.75 Å². The van der Waals surface area contributed by atoms with E-state index >= 15 is 0 Å². The zero-order valence-corrected chi connectivity index (χ0v) is 17.0. The third kappa shape index (κ3) is 9.65. The maximum Gasteiger partial charge on any atom is 0.191 e. The Bertz CT molecular complexity index is 591. The highest BCUT2D eigenvalue weighted by molar-refractivity contribution is 14.0. The lowest BCUT2D eigenvalue weighted by molar-refractivity contribution is 0.410. The Morgan fingerprint density at radius 2 is 1.96 bits per heavy atom. The molecule has 0 amide bonds. The fourth-order valence-corrected chi connectivity index (χ4v) is 2.55. The first kappa shape index (κ1) is 22.0. The molecule has 0 atom stereocenters. The number of para-hydroxylation sites is 1. The van der Waals surface area contributed by atoms with E-state index in [2.05, 4.69) is 15.6 Å². The molecule has 1 rings (SSSR count). The Morgan fingerprint density at radius 3 is 2.57 bits per heavy atom. The third-order valence-electron chi connectivity index (χ3n) is 2.93. The van der Waals surface area contributed by atoms with Crippen LogP contribution in [0.5, 0.6) is 5.75 Å². The third-order valence-corrected chi connectivity index (χ3v) is 3.96. The number of halogens is 1. The number of sulfone groups is 1. The van der Waals surface area contributed by atoms with E-state index in [1.165, 1.54) is 6.26 Å². The van der Waals surface area contributed by atoms with Crippen molar-refractivity contribution in [1.82, 2.24) is 10.6 Å². The number of hydrogen-bond donors (Lipinski definition) is 2. The van der Waals surface area contributed by atoms with Crippen LogP contribution in [0.2, 0.25) is 0 Å². The van der Waals surface area contributed by atoms with E-state index < -0.39 is 9.84 Å². The number of guanidine groups is 1. The highest BCUT2D eigenvalue weighted by atomic mass is 127. The summed E-state index contributed by atoms with van der Waals surface area (Å²) >= 11 is 0. The fraction of sp³-hybridized carbons (Fsp3) is 0.533. The van der Waals surface area contributed by atoms with E-state index in [9.17, 15) is 8.42 Å². The van der Waals surface area contributed by atoms with Crippen molar-refractivity contribution in [3.05, 3.63) is 29.8 Å². The number of benzene rings is 1. The molecule has 132 valence electrons. The van der Waals surface area contributed by atoms with Crippen LogP contribution in [0.4, 0.5) is 0 Å². The quantitative estimate of drug-likeness (QED) is 0.271. The average Bonchev–Trinajstić information content (AvgIpc) is 2.48. The highest BCUT2D eigenvalue weighted by Crippen LogP contribution is 2.17. The van der Waals surface area contributed by atoms with Gasteiger partial charge in [-0.1, -0.05) is 18.2 Å². The Balaban J connectivity index is 0.00000484. The Hall–Kier alpha value is -1.03. The summed E-state index contributed by atoms with van der Waals surface area (Å²) in [5.74, 6) is 1.65. The van der Waals surface area contributed by atoms with Gasteiger partial charge in [0.1, 0.15) is 15.6 Å². The molecule has 1 aromatic rings. The predicted octanol–water partition coefficient (Wildman–Crippen LogP) is 1.80. The summed E-state index contributed by atoms with van der Waals surface area (Å²) in [6, 6.07) is 7.73. The van der Waals surface area contributed by atoms with Gasteiger partial charge in [-0.2, -0.15) is 0 Å². The van der Waals surface area contributed by atoms with Crippen LogP contribution >= 0.6 is 24.0 Å². The van der Waals surface area contributed by atoms with Gasteiger partial charge in [0.15, 0.2) is 5.96 Å². The van der Waals surface area contributed by atoms with Crippen molar-refractivity contribution in [2.75, 3.05) is 32.2 Å².